The fourth-order valence-electron chi connectivity index (χ4n) is 4.09. The van der Waals surface area contributed by atoms with E-state index in [0.717, 1.165) is 24.3 Å². The number of halogens is 6. The van der Waals surface area contributed by atoms with Crippen LogP contribution in [0.2, 0.25) is 0 Å². The summed E-state index contributed by atoms with van der Waals surface area (Å²) in [6, 6.07) is 16.0. The van der Waals surface area contributed by atoms with Gasteiger partial charge in [0.05, 0.1) is 22.2 Å². The van der Waals surface area contributed by atoms with Crippen LogP contribution in [-0.2, 0) is 17.1 Å². The average molecular weight is 504 g/mol. The van der Waals surface area contributed by atoms with Crippen LogP contribution in [0, 0.1) is 0 Å². The molecule has 36 heavy (non-hydrogen) atoms. The third-order valence-electron chi connectivity index (χ3n) is 5.65. The Hall–Kier alpha value is -3.86. The van der Waals surface area contributed by atoms with E-state index in [0.29, 0.717) is 11.0 Å². The van der Waals surface area contributed by atoms with Crippen LogP contribution in [0.4, 0.5) is 49.4 Å². The number of benzene rings is 3. The summed E-state index contributed by atoms with van der Waals surface area (Å²) >= 11 is 0. The zero-order valence-corrected chi connectivity index (χ0v) is 18.7. The Morgan fingerprint density at radius 1 is 0.694 bits per heavy atom. The molecule has 0 atom stereocenters. The molecule has 4 aromatic rings. The molecule has 0 saturated heterocycles. The zero-order valence-electron chi connectivity index (χ0n) is 18.7. The highest BCUT2D eigenvalue weighted by atomic mass is 19.4. The molecule has 3 aromatic carbocycles. The number of alkyl halides is 6. The van der Waals surface area contributed by atoms with Crippen LogP contribution in [0.15, 0.2) is 72.8 Å². The third-order valence-corrected chi connectivity index (χ3v) is 5.65. The van der Waals surface area contributed by atoms with E-state index < -0.39 is 29.8 Å². The Bertz CT molecular complexity index is 1320. The average Bonchev–Trinajstić information content (AvgIpc) is 3.14. The van der Waals surface area contributed by atoms with Crippen LogP contribution in [0.5, 0.6) is 0 Å². The number of fused-ring (bicyclic) bond motifs is 2. The minimum atomic E-state index is -4.60. The van der Waals surface area contributed by atoms with Crippen molar-refractivity contribution in [2.24, 2.45) is 0 Å². The number of anilines is 4. The van der Waals surface area contributed by atoms with E-state index in [9.17, 15) is 26.3 Å². The van der Waals surface area contributed by atoms with Gasteiger partial charge in [0.25, 0.3) is 0 Å². The maximum atomic E-state index is 13.5. The molecule has 0 saturated carbocycles. The first kappa shape index (κ1) is 23.9. The molecule has 1 aliphatic rings. The SMILES string of the molecule is CCOC1N(c2cccc(C(F)(F)F)c2)c2nc3ccccc3nc2N1c1cccc(C(F)(F)F)c1. The largest absolute Gasteiger partial charge is 0.416 e. The molecule has 186 valence electrons. The second kappa shape index (κ2) is 8.66. The Kier molecular flexibility index (Phi) is 5.74. The maximum absolute atomic E-state index is 13.5. The van der Waals surface area contributed by atoms with Crippen LogP contribution in [-0.4, -0.2) is 22.9 Å². The molecule has 5 rings (SSSR count). The van der Waals surface area contributed by atoms with E-state index in [2.05, 4.69) is 9.97 Å². The van der Waals surface area contributed by atoms with Crippen molar-refractivity contribution in [2.45, 2.75) is 25.6 Å². The smallest absolute Gasteiger partial charge is 0.340 e. The molecule has 0 spiro atoms. The zero-order chi connectivity index (χ0) is 25.7. The summed E-state index contributed by atoms with van der Waals surface area (Å²) in [5, 5.41) is 0. The number of rotatable bonds is 4. The van der Waals surface area contributed by atoms with Crippen molar-refractivity contribution < 1.29 is 31.1 Å². The third kappa shape index (κ3) is 4.19. The molecule has 2 heterocycles. The highest BCUT2D eigenvalue weighted by Gasteiger charge is 2.43. The number of aromatic nitrogens is 2. The summed E-state index contributed by atoms with van der Waals surface area (Å²) in [6.45, 7) is 1.79. The quantitative estimate of drug-likeness (QED) is 0.273. The van der Waals surface area contributed by atoms with Crippen molar-refractivity contribution in [1.82, 2.24) is 9.97 Å². The van der Waals surface area contributed by atoms with Gasteiger partial charge in [-0.15, -0.1) is 0 Å². The number of nitrogens with zero attached hydrogens (tertiary/aromatic N) is 4. The molecule has 5 nitrogen and oxygen atoms in total. The van der Waals surface area contributed by atoms with Crippen molar-refractivity contribution in [2.75, 3.05) is 16.4 Å². The minimum absolute atomic E-state index is 0.101. The normalized spacial score (nSPS) is 14.5. The highest BCUT2D eigenvalue weighted by Crippen LogP contribution is 2.48. The van der Waals surface area contributed by atoms with E-state index in [-0.39, 0.29) is 29.6 Å². The Morgan fingerprint density at radius 2 is 1.14 bits per heavy atom. The van der Waals surface area contributed by atoms with Gasteiger partial charge < -0.3 is 4.74 Å². The van der Waals surface area contributed by atoms with Gasteiger partial charge in [-0.2, -0.15) is 26.3 Å². The molecule has 1 aliphatic heterocycles. The lowest BCUT2D eigenvalue weighted by molar-refractivity contribution is -0.138. The number of ether oxygens (including phenoxy) is 1. The molecule has 0 unspecified atom stereocenters. The van der Waals surface area contributed by atoms with Gasteiger partial charge in [0.15, 0.2) is 11.6 Å². The first-order valence-corrected chi connectivity index (χ1v) is 10.9. The molecule has 0 aliphatic carbocycles. The second-order valence-electron chi connectivity index (χ2n) is 7.98. The van der Waals surface area contributed by atoms with Crippen molar-refractivity contribution >= 4 is 34.0 Å². The monoisotopic (exact) mass is 504 g/mol. The number of para-hydroxylation sites is 2. The number of hydrogen-bond donors (Lipinski definition) is 0. The van der Waals surface area contributed by atoms with Gasteiger partial charge in [-0.1, -0.05) is 24.3 Å². The topological polar surface area (TPSA) is 41.5 Å². The van der Waals surface area contributed by atoms with Crippen LogP contribution >= 0.6 is 0 Å². The van der Waals surface area contributed by atoms with Gasteiger partial charge in [0, 0.05) is 18.0 Å². The van der Waals surface area contributed by atoms with Crippen LogP contribution in [0.25, 0.3) is 11.0 Å². The molecule has 11 heteroatoms. The molecular formula is C25H18F6N4O. The van der Waals surface area contributed by atoms with Gasteiger partial charge in [-0.25, -0.2) is 9.97 Å². The van der Waals surface area contributed by atoms with Gasteiger partial charge >= 0.3 is 12.4 Å². The van der Waals surface area contributed by atoms with Crippen molar-refractivity contribution in [3.8, 4) is 0 Å². The molecule has 0 radical (unpaired) electrons. The lowest BCUT2D eigenvalue weighted by Crippen LogP contribution is -2.41. The maximum Gasteiger partial charge on any atom is 0.416 e. The predicted molar refractivity (Wildman–Crippen MR) is 122 cm³/mol. The number of hydrogen-bond acceptors (Lipinski definition) is 5. The highest BCUT2D eigenvalue weighted by molar-refractivity contribution is 5.89. The molecule has 0 bridgehead atoms. The van der Waals surface area contributed by atoms with Gasteiger partial charge in [-0.05, 0) is 55.5 Å². The lowest BCUT2D eigenvalue weighted by atomic mass is 10.2. The molecule has 1 aromatic heterocycles. The first-order chi connectivity index (χ1) is 17.1. The Labute approximate surface area is 201 Å². The van der Waals surface area contributed by atoms with Crippen LogP contribution < -0.4 is 9.80 Å². The predicted octanol–water partition coefficient (Wildman–Crippen LogP) is 7.28. The molecule has 0 amide bonds. The van der Waals surface area contributed by atoms with Crippen LogP contribution in [0.3, 0.4) is 0 Å². The van der Waals surface area contributed by atoms with Crippen molar-refractivity contribution in [3.63, 3.8) is 0 Å². The standard InChI is InChI=1S/C25H18F6N4O/c1-2-36-23-34(17-9-5-7-15(13-17)24(26,27)28)21-22(33-20-12-4-3-11-19(20)32-21)35(23)18-10-6-8-16(14-18)25(29,30)31/h3-14,23H,2H2,1H3. The van der Waals surface area contributed by atoms with E-state index >= 15 is 0 Å². The van der Waals surface area contributed by atoms with Crippen molar-refractivity contribution in [3.05, 3.63) is 83.9 Å². The van der Waals surface area contributed by atoms with Crippen molar-refractivity contribution in [1.29, 1.82) is 0 Å². The summed E-state index contributed by atoms with van der Waals surface area (Å²) in [7, 11) is 0. The fourth-order valence-corrected chi connectivity index (χ4v) is 4.09. The van der Waals surface area contributed by atoms with E-state index in [1.165, 1.54) is 34.1 Å². The van der Waals surface area contributed by atoms with E-state index in [1.54, 1.807) is 31.2 Å². The van der Waals surface area contributed by atoms with E-state index in [4.69, 9.17) is 4.74 Å². The minimum Gasteiger partial charge on any atom is -0.340 e. The summed E-state index contributed by atoms with van der Waals surface area (Å²) in [6.07, 6.45) is -10.3. The molecule has 0 N–H and O–H groups in total. The Morgan fingerprint density at radius 3 is 1.53 bits per heavy atom. The fraction of sp³-hybridized carbons (Fsp3) is 0.200. The Balaban J connectivity index is 1.76. The van der Waals surface area contributed by atoms with Gasteiger partial charge in [0.1, 0.15) is 0 Å². The summed E-state index contributed by atoms with van der Waals surface area (Å²) < 4.78 is 87.0. The summed E-state index contributed by atoms with van der Waals surface area (Å²) in [5.41, 5.74) is -0.637. The first-order valence-electron chi connectivity index (χ1n) is 10.9. The lowest BCUT2D eigenvalue weighted by Gasteiger charge is -2.32. The second-order valence-corrected chi connectivity index (χ2v) is 7.98. The molecular weight excluding hydrogens is 486 g/mol. The summed E-state index contributed by atoms with van der Waals surface area (Å²) in [4.78, 5) is 12.1. The van der Waals surface area contributed by atoms with E-state index in [1.807, 2.05) is 0 Å². The van der Waals surface area contributed by atoms with Crippen LogP contribution in [0.1, 0.15) is 18.1 Å². The molecule has 0 fully saturated rings. The van der Waals surface area contributed by atoms with Gasteiger partial charge in [0.2, 0.25) is 6.35 Å². The van der Waals surface area contributed by atoms with Gasteiger partial charge in [-0.3, -0.25) is 9.80 Å². The summed E-state index contributed by atoms with van der Waals surface area (Å²) in [5.74, 6) is 0.313.